The smallest absolute Gasteiger partial charge is 0.750 e. The molecule has 4 unspecified atom stereocenters. The Bertz CT molecular complexity index is 721. The maximum atomic E-state index is 10.1. The van der Waals surface area contributed by atoms with Crippen LogP contribution in [0.4, 0.5) is 0 Å². The van der Waals surface area contributed by atoms with Gasteiger partial charge < -0.3 is 29.4 Å². The van der Waals surface area contributed by atoms with E-state index in [0.29, 0.717) is 0 Å². The fraction of sp³-hybridized carbons (Fsp3) is 0.143. The number of hydrogen-bond acceptors (Lipinski definition) is 16. The molecular formula is C7H8Mg3O16P6+4. The molecule has 0 bridgehead atoms. The van der Waals surface area contributed by atoms with Gasteiger partial charge in [-0.2, -0.15) is 0 Å². The van der Waals surface area contributed by atoms with Crippen molar-refractivity contribution < 1.29 is 74.0 Å². The Morgan fingerprint density at radius 2 is 0.844 bits per heavy atom. The Labute approximate surface area is 232 Å². The average molecular weight is 607 g/mol. The summed E-state index contributed by atoms with van der Waals surface area (Å²) in [4.78, 5) is 58.4. The van der Waals surface area contributed by atoms with E-state index in [2.05, 4.69) is 36.3 Å². The third-order valence-corrected chi connectivity index (χ3v) is 6.94. The van der Waals surface area contributed by atoms with Gasteiger partial charge in [-0.15, -0.1) is 0 Å². The summed E-state index contributed by atoms with van der Waals surface area (Å²) >= 11 is 0. The Hall–Kier alpha value is 1.98. The van der Waals surface area contributed by atoms with E-state index in [0.717, 1.165) is 0 Å². The Morgan fingerprint density at radius 1 is 0.625 bits per heavy atom. The van der Waals surface area contributed by atoms with Crippen molar-refractivity contribution in [1.82, 2.24) is 0 Å². The molecule has 25 heteroatoms. The predicted molar refractivity (Wildman–Crippen MR) is 98.4 cm³/mol. The first-order valence-corrected chi connectivity index (χ1v) is 13.4. The van der Waals surface area contributed by atoms with E-state index in [4.69, 9.17) is 0 Å². The normalized spacial score (nSPS) is 14.8. The minimum atomic E-state index is -5.25. The van der Waals surface area contributed by atoms with Crippen LogP contribution in [0.1, 0.15) is 5.56 Å². The average Bonchev–Trinajstić information content (AvgIpc) is 2.43. The monoisotopic (exact) mass is 606 g/mol. The van der Waals surface area contributed by atoms with Crippen LogP contribution in [0, 0.1) is 6.92 Å². The van der Waals surface area contributed by atoms with Crippen LogP contribution in [0.2, 0.25) is 0 Å². The summed E-state index contributed by atoms with van der Waals surface area (Å²) in [5, 5.41) is 0. The predicted octanol–water partition coefficient (Wildman–Crippen LogP) is -2.10. The van der Waals surface area contributed by atoms with Gasteiger partial charge in [0.1, 0.15) is 0 Å². The van der Waals surface area contributed by atoms with E-state index >= 15 is 0 Å². The Balaban J connectivity index is -0.000000111. The summed E-state index contributed by atoms with van der Waals surface area (Å²) in [5.74, 6) is 0. The molecule has 0 aliphatic rings. The van der Waals surface area contributed by atoms with Crippen molar-refractivity contribution in [3.8, 4) is 0 Å². The van der Waals surface area contributed by atoms with Crippen LogP contribution >= 0.6 is 48.7 Å². The van der Waals surface area contributed by atoms with Gasteiger partial charge in [0, 0.05) is 0 Å². The van der Waals surface area contributed by atoms with Crippen LogP contribution in [0.3, 0.4) is 0 Å². The molecule has 0 aliphatic heterocycles. The molecule has 1 aromatic carbocycles. The van der Waals surface area contributed by atoms with Gasteiger partial charge >= 0.3 is 118 Å². The zero-order valence-corrected chi connectivity index (χ0v) is 25.3. The molecule has 4 atom stereocenters. The molecule has 1 rings (SSSR count). The molecule has 0 saturated carbocycles. The maximum Gasteiger partial charge on any atom is 2.00 e. The van der Waals surface area contributed by atoms with E-state index in [1.165, 1.54) is 5.56 Å². The fourth-order valence-corrected chi connectivity index (χ4v) is 4.28. The van der Waals surface area contributed by atoms with Crippen LogP contribution in [-0.2, 0) is 44.6 Å². The van der Waals surface area contributed by atoms with Crippen LogP contribution in [-0.4, -0.2) is 69.2 Å². The first-order valence-electron chi connectivity index (χ1n) is 6.06. The molecule has 0 fully saturated rings. The van der Waals surface area contributed by atoms with E-state index < -0.39 is 48.7 Å². The fourth-order valence-electron chi connectivity index (χ4n) is 0.891. The standard InChI is InChI=1S/C7H8.3Mg.2HO8P3/c1-7-5-3-2-4-6-7;;;;2*1-9(2)7-11(5,6)8-10(3)4/h2-6H,1H3;;;;2*(H,5,6)/q;3*+2;;/p-2. The van der Waals surface area contributed by atoms with Gasteiger partial charge in [0.2, 0.25) is 0 Å². The molecule has 0 heterocycles. The minimum Gasteiger partial charge on any atom is -0.750 e. The van der Waals surface area contributed by atoms with E-state index in [9.17, 15) is 56.8 Å². The molecule has 0 N–H and O–H groups in total. The van der Waals surface area contributed by atoms with Crippen LogP contribution < -0.4 is 29.4 Å². The zero-order chi connectivity index (χ0) is 23.3. The summed E-state index contributed by atoms with van der Waals surface area (Å²) in [6, 6.07) is 10.3. The summed E-state index contributed by atoms with van der Waals surface area (Å²) < 4.78 is 70.8. The molecular weight excluding hydrogens is 599 g/mol. The topological polar surface area (TPSA) is 278 Å². The van der Waals surface area contributed by atoms with Crippen molar-refractivity contribution >= 4 is 118 Å². The van der Waals surface area contributed by atoms with Crippen molar-refractivity contribution in [2.24, 2.45) is 0 Å². The number of hydrogen-bond donors (Lipinski definition) is 0. The van der Waals surface area contributed by atoms with Gasteiger partial charge in [0.15, 0.2) is 0 Å². The second-order valence-electron chi connectivity index (χ2n) is 3.77. The number of benzene rings is 1. The summed E-state index contributed by atoms with van der Waals surface area (Å²) in [7, 11) is -25.2. The number of rotatable bonds is 8. The van der Waals surface area contributed by atoms with Crippen molar-refractivity contribution in [3.05, 3.63) is 35.9 Å². The van der Waals surface area contributed by atoms with Crippen molar-refractivity contribution in [2.45, 2.75) is 6.92 Å². The van der Waals surface area contributed by atoms with Crippen molar-refractivity contribution in [2.75, 3.05) is 0 Å². The SMILES string of the molecule is Cc1ccccc1.O=[P+]([O-])OP(=O)([O-])O[P+](=O)[O-].O=[P+]([O-])OP(=O)([O-])O[P+](=O)[O-].[Mg+2].[Mg+2].[Mg+2]. The van der Waals surface area contributed by atoms with E-state index in [1.807, 2.05) is 18.2 Å². The second-order valence-corrected chi connectivity index (χ2v) is 9.96. The van der Waals surface area contributed by atoms with Gasteiger partial charge in [-0.25, -0.2) is 0 Å². The van der Waals surface area contributed by atoms with E-state index in [1.54, 1.807) is 0 Å². The minimum absolute atomic E-state index is 0. The second kappa shape index (κ2) is 23.4. The number of aryl methyl sites for hydroxylation is 1. The van der Waals surface area contributed by atoms with Crippen molar-refractivity contribution in [1.29, 1.82) is 0 Å². The summed E-state index contributed by atoms with van der Waals surface area (Å²) in [5.41, 5.74) is 1.32. The third-order valence-electron chi connectivity index (χ3n) is 1.61. The molecule has 164 valence electrons. The zero-order valence-electron chi connectivity index (χ0n) is 15.7. The largest absolute Gasteiger partial charge is 2.00 e. The Kier molecular flexibility index (Phi) is 32.2. The molecule has 1 aromatic rings. The van der Waals surface area contributed by atoms with Gasteiger partial charge in [-0.05, 0) is 25.2 Å². The van der Waals surface area contributed by atoms with E-state index in [-0.39, 0.29) is 69.2 Å². The van der Waals surface area contributed by atoms with Crippen LogP contribution in [0.5, 0.6) is 0 Å². The molecule has 32 heavy (non-hydrogen) atoms. The van der Waals surface area contributed by atoms with Gasteiger partial charge in [-0.1, -0.05) is 53.1 Å². The van der Waals surface area contributed by atoms with Crippen molar-refractivity contribution in [3.63, 3.8) is 0 Å². The molecule has 0 saturated heterocycles. The maximum absolute atomic E-state index is 10.1. The van der Waals surface area contributed by atoms with Crippen LogP contribution in [0.15, 0.2) is 30.3 Å². The van der Waals surface area contributed by atoms with Gasteiger partial charge in [-0.3, -0.25) is 9.13 Å². The summed E-state index contributed by atoms with van der Waals surface area (Å²) in [6.45, 7) is 2.08. The van der Waals surface area contributed by atoms with Gasteiger partial charge in [0.25, 0.3) is 0 Å². The Morgan fingerprint density at radius 3 is 0.969 bits per heavy atom. The number of phosphoric acid groups is 2. The first-order chi connectivity index (χ1) is 13.1. The third kappa shape index (κ3) is 34.1. The first kappa shape index (κ1) is 44.0. The van der Waals surface area contributed by atoms with Crippen LogP contribution in [0.25, 0.3) is 0 Å². The molecule has 16 nitrogen and oxygen atoms in total. The molecule has 0 amide bonds. The molecule has 0 aliphatic carbocycles. The molecule has 0 spiro atoms. The molecule has 0 aromatic heterocycles. The quantitative estimate of drug-likeness (QED) is 0.226. The molecule has 0 radical (unpaired) electrons. The summed E-state index contributed by atoms with van der Waals surface area (Å²) in [6.07, 6.45) is 0. The van der Waals surface area contributed by atoms with Gasteiger partial charge in [0.05, 0.1) is 0 Å².